The SMILES string of the molecule is Cc1ccc2oc(SCc3cc(=O)n4cc(Cl)ccc4n3)nc2n1. The Kier molecular flexibility index (Phi) is 3.74. The molecule has 0 aromatic carbocycles. The van der Waals surface area contributed by atoms with Gasteiger partial charge in [-0.05, 0) is 31.2 Å². The largest absolute Gasteiger partial charge is 0.430 e. The monoisotopic (exact) mass is 358 g/mol. The maximum Gasteiger partial charge on any atom is 0.258 e. The Balaban J connectivity index is 1.61. The molecule has 0 aliphatic rings. The molecule has 24 heavy (non-hydrogen) atoms. The highest BCUT2D eigenvalue weighted by molar-refractivity contribution is 7.98. The van der Waals surface area contributed by atoms with E-state index in [1.165, 1.54) is 22.2 Å². The second-order valence-corrected chi connectivity index (χ2v) is 6.57. The zero-order chi connectivity index (χ0) is 16.7. The van der Waals surface area contributed by atoms with E-state index < -0.39 is 0 Å². The van der Waals surface area contributed by atoms with Crippen LogP contribution in [-0.4, -0.2) is 19.4 Å². The number of aromatic nitrogens is 4. The molecule has 0 fully saturated rings. The van der Waals surface area contributed by atoms with Gasteiger partial charge in [-0.15, -0.1) is 0 Å². The van der Waals surface area contributed by atoms with Crippen molar-refractivity contribution in [2.75, 3.05) is 0 Å². The van der Waals surface area contributed by atoms with E-state index in [0.717, 1.165) is 5.69 Å². The normalized spacial score (nSPS) is 11.4. The number of thioether (sulfide) groups is 1. The van der Waals surface area contributed by atoms with Crippen LogP contribution in [0.4, 0.5) is 0 Å². The van der Waals surface area contributed by atoms with Gasteiger partial charge in [-0.25, -0.2) is 9.97 Å². The number of rotatable bonds is 3. The number of hydrogen-bond acceptors (Lipinski definition) is 6. The number of aryl methyl sites for hydroxylation is 1. The van der Waals surface area contributed by atoms with Crippen molar-refractivity contribution >= 4 is 40.2 Å². The lowest BCUT2D eigenvalue weighted by Gasteiger charge is -2.03. The molecule has 6 nitrogen and oxygen atoms in total. The van der Waals surface area contributed by atoms with Crippen LogP contribution < -0.4 is 5.56 Å². The van der Waals surface area contributed by atoms with Gasteiger partial charge in [0.05, 0.1) is 10.7 Å². The van der Waals surface area contributed by atoms with E-state index in [2.05, 4.69) is 15.0 Å². The molecule has 0 bridgehead atoms. The predicted octanol–water partition coefficient (Wildman–Crippen LogP) is 3.48. The third-order valence-electron chi connectivity index (χ3n) is 3.39. The summed E-state index contributed by atoms with van der Waals surface area (Å²) in [6, 6.07) is 8.62. The topological polar surface area (TPSA) is 73.3 Å². The molecule has 4 aromatic rings. The summed E-state index contributed by atoms with van der Waals surface area (Å²) in [5, 5.41) is 0.990. The smallest absolute Gasteiger partial charge is 0.258 e. The van der Waals surface area contributed by atoms with Crippen LogP contribution in [0, 0.1) is 6.92 Å². The second kappa shape index (κ2) is 5.92. The first-order chi connectivity index (χ1) is 11.6. The van der Waals surface area contributed by atoms with E-state index in [1.807, 2.05) is 19.1 Å². The van der Waals surface area contributed by atoms with Gasteiger partial charge in [0.2, 0.25) is 0 Å². The van der Waals surface area contributed by atoms with Gasteiger partial charge in [0.15, 0.2) is 11.2 Å². The van der Waals surface area contributed by atoms with E-state index in [1.54, 1.807) is 18.3 Å². The van der Waals surface area contributed by atoms with Crippen LogP contribution in [-0.2, 0) is 5.75 Å². The van der Waals surface area contributed by atoms with Crippen molar-refractivity contribution in [3.63, 3.8) is 0 Å². The summed E-state index contributed by atoms with van der Waals surface area (Å²) >= 11 is 7.27. The van der Waals surface area contributed by atoms with Crippen molar-refractivity contribution in [1.29, 1.82) is 0 Å². The summed E-state index contributed by atoms with van der Waals surface area (Å²) in [4.78, 5) is 25.3. The summed E-state index contributed by atoms with van der Waals surface area (Å²) in [6.45, 7) is 1.90. The van der Waals surface area contributed by atoms with Crippen molar-refractivity contribution in [3.05, 3.63) is 63.3 Å². The summed E-state index contributed by atoms with van der Waals surface area (Å²) in [6.07, 6.45) is 1.55. The summed E-state index contributed by atoms with van der Waals surface area (Å²) in [5.41, 5.74) is 3.14. The van der Waals surface area contributed by atoms with Crippen LogP contribution in [0.1, 0.15) is 11.4 Å². The molecule has 0 saturated carbocycles. The molecule has 0 aliphatic heterocycles. The lowest BCUT2D eigenvalue weighted by atomic mass is 10.4. The Hall–Kier alpha value is -2.38. The Morgan fingerprint density at radius 1 is 1.21 bits per heavy atom. The quantitative estimate of drug-likeness (QED) is 0.522. The zero-order valence-electron chi connectivity index (χ0n) is 12.6. The number of oxazole rings is 1. The Labute approximate surface area is 145 Å². The third-order valence-corrected chi connectivity index (χ3v) is 4.48. The van der Waals surface area contributed by atoms with Crippen LogP contribution in [0.2, 0.25) is 5.02 Å². The lowest BCUT2D eigenvalue weighted by molar-refractivity contribution is 0.489. The summed E-state index contributed by atoms with van der Waals surface area (Å²) < 4.78 is 7.06. The summed E-state index contributed by atoms with van der Waals surface area (Å²) in [7, 11) is 0. The number of hydrogen-bond donors (Lipinski definition) is 0. The van der Waals surface area contributed by atoms with Gasteiger partial charge in [0, 0.05) is 23.7 Å². The number of nitrogens with zero attached hydrogens (tertiary/aromatic N) is 4. The van der Waals surface area contributed by atoms with Gasteiger partial charge in [-0.1, -0.05) is 23.4 Å². The number of pyridine rings is 2. The maximum atomic E-state index is 12.1. The second-order valence-electron chi connectivity index (χ2n) is 5.20. The minimum absolute atomic E-state index is 0.173. The molecule has 0 spiro atoms. The van der Waals surface area contributed by atoms with Crippen molar-refractivity contribution < 1.29 is 4.42 Å². The van der Waals surface area contributed by atoms with Gasteiger partial charge < -0.3 is 4.42 Å². The van der Waals surface area contributed by atoms with Crippen molar-refractivity contribution in [2.24, 2.45) is 0 Å². The van der Waals surface area contributed by atoms with Crippen molar-refractivity contribution in [3.8, 4) is 0 Å². The molecular formula is C16H11ClN4O2S. The van der Waals surface area contributed by atoms with Crippen LogP contribution in [0.5, 0.6) is 0 Å². The fourth-order valence-electron chi connectivity index (χ4n) is 2.29. The van der Waals surface area contributed by atoms with Gasteiger partial charge in [0.25, 0.3) is 10.8 Å². The van der Waals surface area contributed by atoms with Crippen LogP contribution >= 0.6 is 23.4 Å². The van der Waals surface area contributed by atoms with Gasteiger partial charge in [-0.3, -0.25) is 9.20 Å². The minimum atomic E-state index is -0.173. The van der Waals surface area contributed by atoms with Crippen LogP contribution in [0.15, 0.2) is 51.0 Å². The Bertz CT molecular complexity index is 1120. The third kappa shape index (κ3) is 2.88. The standard InChI is InChI=1S/C16H11ClN4O2S/c1-9-2-4-12-15(18-9)20-16(23-12)24-8-11-6-14(22)21-7-10(17)3-5-13(21)19-11/h2-7H,8H2,1H3. The molecule has 4 rings (SSSR count). The molecular weight excluding hydrogens is 348 g/mol. The Morgan fingerprint density at radius 3 is 2.96 bits per heavy atom. The highest BCUT2D eigenvalue weighted by Crippen LogP contribution is 2.25. The first-order valence-electron chi connectivity index (χ1n) is 7.13. The average molecular weight is 359 g/mol. The van der Waals surface area contributed by atoms with E-state index in [4.69, 9.17) is 16.0 Å². The van der Waals surface area contributed by atoms with E-state index in [0.29, 0.717) is 38.6 Å². The molecule has 0 amide bonds. The minimum Gasteiger partial charge on any atom is -0.430 e. The van der Waals surface area contributed by atoms with Crippen LogP contribution in [0.25, 0.3) is 16.9 Å². The molecule has 120 valence electrons. The maximum absolute atomic E-state index is 12.1. The van der Waals surface area contributed by atoms with Crippen molar-refractivity contribution in [1.82, 2.24) is 19.4 Å². The van der Waals surface area contributed by atoms with E-state index >= 15 is 0 Å². The van der Waals surface area contributed by atoms with Crippen LogP contribution in [0.3, 0.4) is 0 Å². The predicted molar refractivity (Wildman–Crippen MR) is 92.6 cm³/mol. The van der Waals surface area contributed by atoms with Gasteiger partial charge in [-0.2, -0.15) is 4.98 Å². The van der Waals surface area contributed by atoms with Crippen molar-refractivity contribution in [2.45, 2.75) is 17.9 Å². The van der Waals surface area contributed by atoms with E-state index in [9.17, 15) is 4.79 Å². The fraction of sp³-hybridized carbons (Fsp3) is 0.125. The molecule has 4 aromatic heterocycles. The lowest BCUT2D eigenvalue weighted by Crippen LogP contribution is -2.15. The first-order valence-corrected chi connectivity index (χ1v) is 8.50. The highest BCUT2D eigenvalue weighted by atomic mass is 35.5. The number of fused-ring (bicyclic) bond motifs is 2. The molecule has 0 atom stereocenters. The first kappa shape index (κ1) is 15.2. The van der Waals surface area contributed by atoms with Gasteiger partial charge in [0.1, 0.15) is 5.65 Å². The van der Waals surface area contributed by atoms with Gasteiger partial charge >= 0.3 is 0 Å². The molecule has 0 aliphatic carbocycles. The molecule has 0 N–H and O–H groups in total. The molecule has 8 heteroatoms. The average Bonchev–Trinajstić information content (AvgIpc) is 2.95. The zero-order valence-corrected chi connectivity index (χ0v) is 14.1. The fourth-order valence-corrected chi connectivity index (χ4v) is 3.17. The van der Waals surface area contributed by atoms with E-state index in [-0.39, 0.29) is 5.56 Å². The highest BCUT2D eigenvalue weighted by Gasteiger charge is 2.10. The Morgan fingerprint density at radius 2 is 2.08 bits per heavy atom. The summed E-state index contributed by atoms with van der Waals surface area (Å²) in [5.74, 6) is 0.472. The molecule has 0 saturated heterocycles. The number of halogens is 1. The molecule has 4 heterocycles. The molecule has 0 unspecified atom stereocenters. The molecule has 0 radical (unpaired) electrons.